The summed E-state index contributed by atoms with van der Waals surface area (Å²) in [5.74, 6) is -3.99. The monoisotopic (exact) mass is 330 g/mol. The van der Waals surface area contributed by atoms with Crippen molar-refractivity contribution in [2.24, 2.45) is 0 Å². The van der Waals surface area contributed by atoms with Crippen LogP contribution in [0.2, 0.25) is 0 Å². The van der Waals surface area contributed by atoms with Gasteiger partial charge in [0.15, 0.2) is 0 Å². The van der Waals surface area contributed by atoms with Crippen molar-refractivity contribution in [3.63, 3.8) is 0 Å². The maximum atomic E-state index is 12.7. The van der Waals surface area contributed by atoms with Crippen molar-refractivity contribution in [3.8, 4) is 0 Å². The molecular weight excluding hydrogens is 321 g/mol. The first-order valence-corrected chi connectivity index (χ1v) is 6.55. The van der Waals surface area contributed by atoms with Crippen LogP contribution in [0.25, 0.3) is 0 Å². The highest BCUT2D eigenvalue weighted by Crippen LogP contribution is 2.32. The van der Waals surface area contributed by atoms with Crippen molar-refractivity contribution in [2.45, 2.75) is 23.5 Å². The third-order valence-electron chi connectivity index (χ3n) is 2.53. The summed E-state index contributed by atoms with van der Waals surface area (Å²) in [6.07, 6.45) is -4.78. The highest BCUT2D eigenvalue weighted by atomic mass is 32.2. The van der Waals surface area contributed by atoms with E-state index in [1.54, 1.807) is 0 Å². The largest absolute Gasteiger partial charge is 0.480 e. The van der Waals surface area contributed by atoms with E-state index in [9.17, 15) is 31.2 Å². The summed E-state index contributed by atoms with van der Waals surface area (Å²) < 4.78 is 62.7. The molecule has 1 aromatic heterocycles. The standard InChI is InChI=1S/C9H9F3N2O6S/c1-8(7(17)18,9(10,11)12)14-21(19,20)4-2-5(6(15)16)13-3-4/h2-3,13-14H,1H3,(H,15,16)(H,17,18). The Bertz CT molecular complexity index is 680. The van der Waals surface area contributed by atoms with Gasteiger partial charge in [-0.15, -0.1) is 0 Å². The van der Waals surface area contributed by atoms with Crippen LogP contribution in [-0.2, 0) is 14.8 Å². The second kappa shape index (κ2) is 5.04. The molecule has 118 valence electrons. The Labute approximate surface area is 115 Å². The van der Waals surface area contributed by atoms with Gasteiger partial charge in [-0.2, -0.15) is 17.9 Å². The van der Waals surface area contributed by atoms with Crippen LogP contribution in [0.5, 0.6) is 0 Å². The predicted octanol–water partition coefficient (Wildman–Crippen LogP) is 0.397. The number of aliphatic carboxylic acids is 1. The Morgan fingerprint density at radius 1 is 1.29 bits per heavy atom. The van der Waals surface area contributed by atoms with E-state index in [-0.39, 0.29) is 6.92 Å². The van der Waals surface area contributed by atoms with Gasteiger partial charge in [0.1, 0.15) is 10.6 Å². The number of H-pyrrole nitrogens is 1. The number of alkyl halides is 3. The van der Waals surface area contributed by atoms with Gasteiger partial charge >= 0.3 is 18.1 Å². The molecule has 0 aliphatic carbocycles. The summed E-state index contributed by atoms with van der Waals surface area (Å²) in [7, 11) is -4.90. The lowest BCUT2D eigenvalue weighted by Crippen LogP contribution is -2.61. The van der Waals surface area contributed by atoms with Crippen molar-refractivity contribution in [1.82, 2.24) is 9.71 Å². The van der Waals surface area contributed by atoms with Gasteiger partial charge in [0, 0.05) is 6.20 Å². The highest BCUT2D eigenvalue weighted by molar-refractivity contribution is 7.89. The third-order valence-corrected chi connectivity index (χ3v) is 4.06. The summed E-state index contributed by atoms with van der Waals surface area (Å²) >= 11 is 0. The predicted molar refractivity (Wildman–Crippen MR) is 60.2 cm³/mol. The number of hydrogen-bond donors (Lipinski definition) is 4. The Kier molecular flexibility index (Phi) is 4.07. The normalized spacial score (nSPS) is 15.4. The molecule has 4 N–H and O–H groups in total. The second-order valence-corrected chi connectivity index (χ2v) is 5.77. The number of carboxylic acids is 2. The topological polar surface area (TPSA) is 137 Å². The Balaban J connectivity index is 3.24. The fraction of sp³-hybridized carbons (Fsp3) is 0.333. The Hall–Kier alpha value is -2.08. The minimum Gasteiger partial charge on any atom is -0.480 e. The number of nitrogens with one attached hydrogen (secondary N) is 2. The minimum atomic E-state index is -5.40. The van der Waals surface area contributed by atoms with Crippen LogP contribution < -0.4 is 4.72 Å². The van der Waals surface area contributed by atoms with Gasteiger partial charge in [0.25, 0.3) is 0 Å². The molecule has 1 heterocycles. The van der Waals surface area contributed by atoms with Crippen LogP contribution in [-0.4, -0.2) is 47.3 Å². The molecular formula is C9H9F3N2O6S. The van der Waals surface area contributed by atoms with E-state index in [0.29, 0.717) is 12.3 Å². The summed E-state index contributed by atoms with van der Waals surface area (Å²) in [5.41, 5.74) is -4.34. The number of carbonyl (C=O) groups is 2. The number of carboxylic acid groups (broad SMARTS) is 2. The van der Waals surface area contributed by atoms with Crippen molar-refractivity contribution in [1.29, 1.82) is 0 Å². The van der Waals surface area contributed by atoms with Crippen molar-refractivity contribution < 1.29 is 41.4 Å². The molecule has 21 heavy (non-hydrogen) atoms. The number of aromatic carboxylic acids is 1. The number of halogens is 3. The number of rotatable bonds is 5. The fourth-order valence-electron chi connectivity index (χ4n) is 1.20. The van der Waals surface area contributed by atoms with Gasteiger partial charge in [-0.05, 0) is 13.0 Å². The van der Waals surface area contributed by atoms with Crippen molar-refractivity contribution in [2.75, 3.05) is 0 Å². The van der Waals surface area contributed by atoms with E-state index in [4.69, 9.17) is 10.2 Å². The van der Waals surface area contributed by atoms with Crippen LogP contribution >= 0.6 is 0 Å². The molecule has 0 radical (unpaired) electrons. The van der Waals surface area contributed by atoms with E-state index in [1.165, 1.54) is 0 Å². The van der Waals surface area contributed by atoms with Crippen LogP contribution in [0.1, 0.15) is 17.4 Å². The zero-order valence-electron chi connectivity index (χ0n) is 10.2. The van der Waals surface area contributed by atoms with Crippen molar-refractivity contribution in [3.05, 3.63) is 18.0 Å². The van der Waals surface area contributed by atoms with Gasteiger partial charge in [0.2, 0.25) is 15.6 Å². The molecule has 0 aliphatic rings. The average Bonchev–Trinajstić information content (AvgIpc) is 2.76. The molecule has 1 unspecified atom stereocenters. The average molecular weight is 330 g/mol. The quantitative estimate of drug-likeness (QED) is 0.617. The maximum absolute atomic E-state index is 12.7. The van der Waals surface area contributed by atoms with Gasteiger partial charge in [-0.25, -0.2) is 18.0 Å². The maximum Gasteiger partial charge on any atom is 0.418 e. The minimum absolute atomic E-state index is 0.137. The molecule has 1 atom stereocenters. The lowest BCUT2D eigenvalue weighted by molar-refractivity contribution is -0.201. The van der Waals surface area contributed by atoms with E-state index in [2.05, 4.69) is 0 Å². The smallest absolute Gasteiger partial charge is 0.418 e. The Morgan fingerprint density at radius 2 is 1.81 bits per heavy atom. The summed E-state index contributed by atoms with van der Waals surface area (Å²) in [6, 6.07) is 0.559. The molecule has 0 saturated heterocycles. The zero-order chi connectivity index (χ0) is 16.6. The fourth-order valence-corrected chi connectivity index (χ4v) is 2.55. The summed E-state index contributed by atoms with van der Waals surface area (Å²) in [5, 5.41) is 17.2. The summed E-state index contributed by atoms with van der Waals surface area (Å²) in [6.45, 7) is 0.137. The van der Waals surface area contributed by atoms with Crippen LogP contribution in [0.3, 0.4) is 0 Å². The lowest BCUT2D eigenvalue weighted by atomic mass is 10.0. The molecule has 1 rings (SSSR count). The van der Waals surface area contributed by atoms with Crippen LogP contribution in [0.15, 0.2) is 17.2 Å². The molecule has 0 aromatic carbocycles. The first-order valence-electron chi connectivity index (χ1n) is 5.07. The molecule has 0 spiro atoms. The van der Waals surface area contributed by atoms with E-state index < -0.39 is 44.3 Å². The molecule has 0 bridgehead atoms. The van der Waals surface area contributed by atoms with Crippen molar-refractivity contribution >= 4 is 22.0 Å². The molecule has 8 nitrogen and oxygen atoms in total. The summed E-state index contributed by atoms with van der Waals surface area (Å²) in [4.78, 5) is 22.5. The van der Waals surface area contributed by atoms with E-state index >= 15 is 0 Å². The zero-order valence-corrected chi connectivity index (χ0v) is 11.0. The molecule has 12 heteroatoms. The van der Waals surface area contributed by atoms with E-state index in [0.717, 1.165) is 4.72 Å². The van der Waals surface area contributed by atoms with E-state index in [1.807, 2.05) is 4.98 Å². The molecule has 0 amide bonds. The van der Waals surface area contributed by atoms with Crippen LogP contribution in [0.4, 0.5) is 13.2 Å². The number of aromatic nitrogens is 1. The number of sulfonamides is 1. The lowest BCUT2D eigenvalue weighted by Gasteiger charge is -2.27. The first-order chi connectivity index (χ1) is 9.31. The SMILES string of the molecule is CC(NS(=O)(=O)c1c[nH]c(C(=O)O)c1)(C(=O)O)C(F)(F)F. The third kappa shape index (κ3) is 3.16. The second-order valence-electron chi connectivity index (χ2n) is 4.09. The van der Waals surface area contributed by atoms with Crippen LogP contribution in [0, 0.1) is 0 Å². The highest BCUT2D eigenvalue weighted by Gasteiger charge is 2.59. The number of hydrogen-bond acceptors (Lipinski definition) is 4. The molecule has 1 aromatic rings. The molecule has 0 saturated carbocycles. The van der Waals surface area contributed by atoms with Gasteiger partial charge in [-0.1, -0.05) is 0 Å². The molecule has 0 aliphatic heterocycles. The van der Waals surface area contributed by atoms with Gasteiger partial charge in [0.05, 0.1) is 0 Å². The first kappa shape index (κ1) is 17.0. The number of aromatic amines is 1. The van der Waals surface area contributed by atoms with Gasteiger partial charge < -0.3 is 15.2 Å². The Morgan fingerprint density at radius 3 is 2.14 bits per heavy atom. The van der Waals surface area contributed by atoms with Gasteiger partial charge in [-0.3, -0.25) is 0 Å². The molecule has 0 fully saturated rings.